The summed E-state index contributed by atoms with van der Waals surface area (Å²) in [5.74, 6) is 0. The van der Waals surface area contributed by atoms with Gasteiger partial charge in [-0.15, -0.1) is 0 Å². The molecule has 0 aromatic carbocycles. The lowest BCUT2D eigenvalue weighted by Crippen LogP contribution is -2.72. The van der Waals surface area contributed by atoms with Gasteiger partial charge in [-0.3, -0.25) is 4.90 Å². The predicted octanol–water partition coefficient (Wildman–Crippen LogP) is -6.36. The number of hydrogen-bond acceptors (Lipinski definition) is 16. The Morgan fingerprint density at radius 3 is 1.95 bits per heavy atom. The van der Waals surface area contributed by atoms with E-state index in [0.29, 0.717) is 13.1 Å². The smallest absolute Gasteiger partial charge is 0.195 e. The fourth-order valence-corrected chi connectivity index (χ4v) is 5.37. The fraction of sp³-hybridized carbons (Fsp3) is 1.00. The van der Waals surface area contributed by atoms with Crippen molar-refractivity contribution in [2.45, 2.75) is 97.3 Å². The number of nitrogens with zero attached hydrogens (tertiary/aromatic N) is 1. The van der Waals surface area contributed by atoms with Crippen molar-refractivity contribution in [1.29, 1.82) is 0 Å². The normalized spacial score (nSPS) is 52.5. The molecule has 4 aliphatic rings. The standard InChI is InChI=1S/C21H38ClN3O13/c22-21(6-28)17(32)13(30)10(24)19(38-21)36-16-8(5-27)35-20(11(14(16)31)25-2-1-3-25)37-15-7(4-26)34-18(33)9(23)12(15)29/h7-20,26-33H,1-6,23-24H2/t7-,8-,9-,10-,11-,12-,13-,14-,15?,16?,17+,18-,19+,20+,21+/m1/s1. The molecule has 0 aromatic rings. The summed E-state index contributed by atoms with van der Waals surface area (Å²) in [4.78, 5) is 1.82. The van der Waals surface area contributed by atoms with Crippen LogP contribution < -0.4 is 11.5 Å². The van der Waals surface area contributed by atoms with Crippen LogP contribution in [0.25, 0.3) is 0 Å². The van der Waals surface area contributed by atoms with Crippen LogP contribution in [0.15, 0.2) is 0 Å². The molecule has 17 heteroatoms. The van der Waals surface area contributed by atoms with E-state index in [1.54, 1.807) is 0 Å². The monoisotopic (exact) mass is 575 g/mol. The molecule has 4 fully saturated rings. The molecule has 0 spiro atoms. The van der Waals surface area contributed by atoms with Gasteiger partial charge in [-0.2, -0.15) is 0 Å². The van der Waals surface area contributed by atoms with E-state index in [1.165, 1.54) is 0 Å². The molecule has 222 valence electrons. The second-order valence-electron chi connectivity index (χ2n) is 10.1. The zero-order valence-electron chi connectivity index (χ0n) is 20.4. The average Bonchev–Trinajstić information content (AvgIpc) is 2.87. The molecule has 15 atom stereocenters. The van der Waals surface area contributed by atoms with Gasteiger partial charge in [0.15, 0.2) is 23.9 Å². The topological polar surface area (TPSA) is 263 Å². The molecule has 38 heavy (non-hydrogen) atoms. The minimum Gasteiger partial charge on any atom is -0.394 e. The van der Waals surface area contributed by atoms with Crippen molar-refractivity contribution in [2.24, 2.45) is 11.5 Å². The van der Waals surface area contributed by atoms with Crippen LogP contribution in [0, 0.1) is 0 Å². The quantitative estimate of drug-likeness (QED) is 0.121. The van der Waals surface area contributed by atoms with Gasteiger partial charge in [0.2, 0.25) is 0 Å². The average molecular weight is 576 g/mol. The molecule has 0 aliphatic carbocycles. The third kappa shape index (κ3) is 5.57. The van der Waals surface area contributed by atoms with Crippen molar-refractivity contribution in [1.82, 2.24) is 4.90 Å². The Morgan fingerprint density at radius 1 is 0.816 bits per heavy atom. The third-order valence-corrected chi connectivity index (χ3v) is 8.07. The predicted molar refractivity (Wildman–Crippen MR) is 124 cm³/mol. The highest BCUT2D eigenvalue weighted by Crippen LogP contribution is 2.37. The van der Waals surface area contributed by atoms with Crippen LogP contribution in [-0.4, -0.2) is 170 Å². The molecule has 0 aromatic heterocycles. The molecule has 4 heterocycles. The first-order valence-corrected chi connectivity index (χ1v) is 12.8. The van der Waals surface area contributed by atoms with Crippen LogP contribution >= 0.6 is 11.6 Å². The molecule has 4 saturated heterocycles. The Morgan fingerprint density at radius 2 is 1.39 bits per heavy atom. The minimum atomic E-state index is -2.14. The van der Waals surface area contributed by atoms with Gasteiger partial charge in [0.05, 0.1) is 37.9 Å². The Hall–Kier alpha value is -0.350. The largest absolute Gasteiger partial charge is 0.394 e. The summed E-state index contributed by atoms with van der Waals surface area (Å²) in [6, 6.07) is -3.52. The van der Waals surface area contributed by atoms with E-state index >= 15 is 0 Å². The number of halogens is 1. The molecule has 0 saturated carbocycles. The van der Waals surface area contributed by atoms with E-state index in [2.05, 4.69) is 0 Å². The van der Waals surface area contributed by atoms with Gasteiger partial charge in [0, 0.05) is 0 Å². The Balaban J connectivity index is 1.56. The Kier molecular flexibility index (Phi) is 9.87. The maximum atomic E-state index is 11.4. The van der Waals surface area contributed by atoms with E-state index in [0.717, 1.165) is 6.42 Å². The molecular weight excluding hydrogens is 538 g/mol. The van der Waals surface area contributed by atoms with Gasteiger partial charge < -0.3 is 76.0 Å². The number of alkyl halides is 1. The van der Waals surface area contributed by atoms with Crippen LogP contribution in [0.1, 0.15) is 6.42 Å². The van der Waals surface area contributed by atoms with Crippen molar-refractivity contribution in [2.75, 3.05) is 32.9 Å². The SMILES string of the molecule is N[C@H]1[C@@H](OC2[C@@H](CO)O[C@@H](OC3[C@@H](CO)O[C@@H](O)[C@H](N)[C@H]3O)[C@H](N3CCC3)[C@H]2O)O[C@@](Cl)(CO)[C@@H](O)[C@@H]1O. The molecule has 12 N–H and O–H groups in total. The van der Waals surface area contributed by atoms with Crippen molar-refractivity contribution in [3.63, 3.8) is 0 Å². The number of aliphatic hydroxyl groups excluding tert-OH is 8. The first kappa shape index (κ1) is 30.6. The molecule has 0 bridgehead atoms. The number of hydrogen-bond donors (Lipinski definition) is 10. The van der Waals surface area contributed by atoms with Gasteiger partial charge in [-0.05, 0) is 19.5 Å². The minimum absolute atomic E-state index is 0.548. The van der Waals surface area contributed by atoms with Crippen molar-refractivity contribution in [3.8, 4) is 0 Å². The van der Waals surface area contributed by atoms with E-state index in [-0.39, 0.29) is 0 Å². The van der Waals surface area contributed by atoms with Crippen molar-refractivity contribution >= 4 is 11.6 Å². The highest BCUT2D eigenvalue weighted by Gasteiger charge is 2.57. The van der Waals surface area contributed by atoms with E-state index < -0.39 is 111 Å². The molecule has 0 amide bonds. The van der Waals surface area contributed by atoms with Crippen LogP contribution in [0.3, 0.4) is 0 Å². The van der Waals surface area contributed by atoms with Crippen molar-refractivity contribution in [3.05, 3.63) is 0 Å². The van der Waals surface area contributed by atoms with Crippen LogP contribution in [-0.2, 0) is 23.7 Å². The lowest BCUT2D eigenvalue weighted by Gasteiger charge is -2.53. The lowest BCUT2D eigenvalue weighted by molar-refractivity contribution is -0.363. The summed E-state index contributed by atoms with van der Waals surface area (Å²) in [5, 5.41) is 79.7. The summed E-state index contributed by atoms with van der Waals surface area (Å²) in [6.07, 6.45) is -14.8. The summed E-state index contributed by atoms with van der Waals surface area (Å²) in [7, 11) is 0. The number of aliphatic hydroxyl groups is 8. The van der Waals surface area contributed by atoms with Gasteiger partial charge >= 0.3 is 0 Å². The zero-order valence-corrected chi connectivity index (χ0v) is 21.2. The first-order chi connectivity index (χ1) is 18.0. The summed E-state index contributed by atoms with van der Waals surface area (Å²) in [6.45, 7) is -1.11. The first-order valence-electron chi connectivity index (χ1n) is 12.4. The van der Waals surface area contributed by atoms with Crippen LogP contribution in [0.5, 0.6) is 0 Å². The highest BCUT2D eigenvalue weighted by molar-refractivity contribution is 6.23. The summed E-state index contributed by atoms with van der Waals surface area (Å²) in [5.41, 5.74) is 11.8. The zero-order chi connectivity index (χ0) is 27.9. The maximum absolute atomic E-state index is 11.4. The summed E-state index contributed by atoms with van der Waals surface area (Å²) < 4.78 is 28.5. The number of likely N-dealkylation sites (tertiary alicyclic amines) is 1. The second kappa shape index (κ2) is 12.3. The van der Waals surface area contributed by atoms with Crippen LogP contribution in [0.4, 0.5) is 0 Å². The Bertz CT molecular complexity index is 787. The lowest BCUT2D eigenvalue weighted by atomic mass is 9.92. The molecule has 16 nitrogen and oxygen atoms in total. The molecule has 4 rings (SSSR count). The van der Waals surface area contributed by atoms with Gasteiger partial charge in [-0.1, -0.05) is 11.6 Å². The molecular formula is C21H38ClN3O13. The fourth-order valence-electron chi connectivity index (χ4n) is 5.16. The highest BCUT2D eigenvalue weighted by atomic mass is 35.5. The second-order valence-corrected chi connectivity index (χ2v) is 10.7. The van der Waals surface area contributed by atoms with Gasteiger partial charge in [0.25, 0.3) is 0 Å². The van der Waals surface area contributed by atoms with E-state index in [9.17, 15) is 40.9 Å². The Labute approximate surface area is 223 Å². The third-order valence-electron chi connectivity index (χ3n) is 7.64. The number of nitrogens with two attached hydrogens (primary N) is 2. The van der Waals surface area contributed by atoms with Crippen LogP contribution in [0.2, 0.25) is 0 Å². The number of ether oxygens (including phenoxy) is 5. The molecule has 2 unspecified atom stereocenters. The van der Waals surface area contributed by atoms with Gasteiger partial charge in [0.1, 0.15) is 48.8 Å². The van der Waals surface area contributed by atoms with E-state index in [4.69, 9.17) is 46.8 Å². The maximum Gasteiger partial charge on any atom is 0.195 e. The van der Waals surface area contributed by atoms with Crippen molar-refractivity contribution < 1.29 is 64.5 Å². The number of rotatable bonds is 8. The van der Waals surface area contributed by atoms with Gasteiger partial charge in [-0.25, -0.2) is 0 Å². The summed E-state index contributed by atoms with van der Waals surface area (Å²) >= 11 is 6.12. The molecule has 4 aliphatic heterocycles. The van der Waals surface area contributed by atoms with E-state index in [1.807, 2.05) is 4.90 Å². The molecule has 0 radical (unpaired) electrons.